The van der Waals surface area contributed by atoms with Crippen LogP contribution in [0.5, 0.6) is 0 Å². The van der Waals surface area contributed by atoms with Crippen LogP contribution < -0.4 is 0 Å². The Kier molecular flexibility index (Phi) is 9.69. The second-order valence-corrected chi connectivity index (χ2v) is 22.0. The van der Waals surface area contributed by atoms with Crippen molar-refractivity contribution in [3.8, 4) is 0 Å². The van der Waals surface area contributed by atoms with Crippen LogP contribution >= 0.6 is 0 Å². The summed E-state index contributed by atoms with van der Waals surface area (Å²) in [5.74, 6) is 0. The Morgan fingerprint density at radius 3 is 1.91 bits per heavy atom. The molecule has 0 bridgehead atoms. The molecule has 1 saturated heterocycles. The second-order valence-electron chi connectivity index (χ2n) is 8.01. The van der Waals surface area contributed by atoms with Gasteiger partial charge in [-0.25, -0.2) is 0 Å². The first-order chi connectivity index (χ1) is 10.6. The van der Waals surface area contributed by atoms with E-state index in [1.165, 1.54) is 68.9 Å². The minimum absolute atomic E-state index is 1.08. The zero-order valence-electron chi connectivity index (χ0n) is 16.0. The van der Waals surface area contributed by atoms with Crippen molar-refractivity contribution in [1.29, 1.82) is 0 Å². The van der Waals surface area contributed by atoms with Gasteiger partial charge in [-0.05, 0) is 0 Å². The second kappa shape index (κ2) is 10.4. The molecule has 1 unspecified atom stereocenters. The summed E-state index contributed by atoms with van der Waals surface area (Å²) in [6, 6.07) is 0. The van der Waals surface area contributed by atoms with Crippen LogP contribution in [0.3, 0.4) is 0 Å². The summed E-state index contributed by atoms with van der Waals surface area (Å²) in [4.78, 5) is 0. The summed E-state index contributed by atoms with van der Waals surface area (Å²) in [6.45, 7) is 13.9. The fraction of sp³-hybridized carbons (Fsp3) is 0.900. The van der Waals surface area contributed by atoms with Crippen molar-refractivity contribution in [2.45, 2.75) is 89.5 Å². The van der Waals surface area contributed by atoms with Crippen LogP contribution in [0.4, 0.5) is 0 Å². The quantitative estimate of drug-likeness (QED) is 0.203. The molecule has 1 rings (SSSR count). The summed E-state index contributed by atoms with van der Waals surface area (Å²) < 4.78 is 7.44. The van der Waals surface area contributed by atoms with Crippen molar-refractivity contribution in [2.75, 3.05) is 20.1 Å². The Balaban J connectivity index is 3.04. The topological polar surface area (TPSA) is 0 Å². The Morgan fingerprint density at radius 2 is 1.50 bits per heavy atom. The maximum absolute atomic E-state index is 4.08. The van der Waals surface area contributed by atoms with Crippen LogP contribution in [0, 0.1) is 0 Å². The molecule has 0 aromatic heterocycles. The molecule has 0 aromatic rings. The third-order valence-corrected chi connectivity index (χ3v) is 24.4. The molecule has 0 radical (unpaired) electrons. The van der Waals surface area contributed by atoms with Gasteiger partial charge < -0.3 is 0 Å². The molecule has 1 heterocycles. The van der Waals surface area contributed by atoms with E-state index in [1.54, 1.807) is 13.3 Å². The van der Waals surface area contributed by atoms with Gasteiger partial charge in [-0.15, -0.1) is 0 Å². The molecule has 0 spiro atoms. The van der Waals surface area contributed by atoms with Gasteiger partial charge >= 0.3 is 145 Å². The molecule has 1 aliphatic heterocycles. The summed E-state index contributed by atoms with van der Waals surface area (Å²) in [5, 5.41) is 0. The number of rotatable bonds is 12. The molecule has 22 heavy (non-hydrogen) atoms. The molecule has 0 saturated carbocycles. The van der Waals surface area contributed by atoms with E-state index in [0.717, 1.165) is 4.06 Å². The average molecular weight is 415 g/mol. The summed E-state index contributed by atoms with van der Waals surface area (Å²) in [7, 11) is 2.56. The molecular weight excluding hydrogens is 373 g/mol. The van der Waals surface area contributed by atoms with E-state index >= 15 is 0 Å². The number of likely N-dealkylation sites (N-methyl/N-ethyl adjacent to an activating group) is 1. The zero-order valence-corrected chi connectivity index (χ0v) is 18.9. The third kappa shape index (κ3) is 5.26. The Labute approximate surface area is 145 Å². The third-order valence-electron chi connectivity index (χ3n) is 6.24. The summed E-state index contributed by atoms with van der Waals surface area (Å²) >= 11 is -2.08. The average Bonchev–Trinajstić information content (AvgIpc) is 2.89. The molecule has 1 fully saturated rings. The van der Waals surface area contributed by atoms with Gasteiger partial charge in [0.2, 0.25) is 0 Å². The van der Waals surface area contributed by atoms with Gasteiger partial charge in [0.1, 0.15) is 0 Å². The normalized spacial score (nSPS) is 25.5. The number of likely N-dealkylation sites (tertiary alicyclic amines) is 1. The van der Waals surface area contributed by atoms with Gasteiger partial charge in [-0.1, -0.05) is 0 Å². The maximum atomic E-state index is 4.08. The molecular formula is C20H42NSn+. The van der Waals surface area contributed by atoms with E-state index in [1.807, 2.05) is 0 Å². The molecule has 0 aliphatic carbocycles. The molecule has 0 aromatic carbocycles. The van der Waals surface area contributed by atoms with E-state index in [4.69, 9.17) is 0 Å². The standard InChI is InChI=1S/C8H15N.3C4H9.Sn/c1-3-6-9(2)7-4-5-8-9;3*1-3-4-2;/h3,7H,1,4-6,8H2,2H3;3*1,3-4H2,2H3;/q+1;;;;. The van der Waals surface area contributed by atoms with E-state index < -0.39 is 18.4 Å². The van der Waals surface area contributed by atoms with Crippen LogP contribution in [0.1, 0.15) is 72.1 Å². The van der Waals surface area contributed by atoms with Gasteiger partial charge in [0, 0.05) is 0 Å². The summed E-state index contributed by atoms with van der Waals surface area (Å²) in [5.41, 5.74) is 0. The molecule has 1 nitrogen and oxygen atoms in total. The SMILES string of the molecule is C=CC[N+]1(C)CCC[C@@H]1[Sn]([CH2]CCC)([CH2]CCC)[CH2]CCC. The molecule has 1 aliphatic rings. The first-order valence-corrected chi connectivity index (χ1v) is 17.7. The van der Waals surface area contributed by atoms with E-state index in [-0.39, 0.29) is 0 Å². The van der Waals surface area contributed by atoms with Crippen LogP contribution in [0.25, 0.3) is 0 Å². The number of quaternary nitrogens is 1. The predicted octanol–water partition coefficient (Wildman–Crippen LogP) is 6.17. The van der Waals surface area contributed by atoms with Crippen molar-refractivity contribution in [3.63, 3.8) is 0 Å². The van der Waals surface area contributed by atoms with Gasteiger partial charge in [0.25, 0.3) is 0 Å². The number of hydrogen-bond acceptors (Lipinski definition) is 0. The Morgan fingerprint density at radius 1 is 1.00 bits per heavy atom. The zero-order chi connectivity index (χ0) is 16.5. The van der Waals surface area contributed by atoms with Crippen molar-refractivity contribution in [1.82, 2.24) is 0 Å². The van der Waals surface area contributed by atoms with Crippen molar-refractivity contribution in [3.05, 3.63) is 12.7 Å². The van der Waals surface area contributed by atoms with Crippen LogP contribution in [0.2, 0.25) is 13.3 Å². The van der Waals surface area contributed by atoms with Gasteiger partial charge in [-0.3, -0.25) is 0 Å². The minimum atomic E-state index is -2.08. The molecule has 2 heteroatoms. The predicted molar refractivity (Wildman–Crippen MR) is 104 cm³/mol. The molecule has 2 atom stereocenters. The number of hydrogen-bond donors (Lipinski definition) is 0. The monoisotopic (exact) mass is 416 g/mol. The van der Waals surface area contributed by atoms with Crippen LogP contribution in [-0.2, 0) is 0 Å². The van der Waals surface area contributed by atoms with Gasteiger partial charge in [0.15, 0.2) is 0 Å². The van der Waals surface area contributed by atoms with Gasteiger partial charge in [-0.2, -0.15) is 0 Å². The fourth-order valence-electron chi connectivity index (χ4n) is 5.06. The first-order valence-electron chi connectivity index (χ1n) is 10.0. The summed E-state index contributed by atoms with van der Waals surface area (Å²) in [6.07, 6.45) is 13.9. The molecule has 0 amide bonds. The first kappa shape index (κ1) is 20.5. The molecule has 130 valence electrons. The Hall–Kier alpha value is 0.499. The van der Waals surface area contributed by atoms with Crippen LogP contribution in [0.15, 0.2) is 12.7 Å². The van der Waals surface area contributed by atoms with Crippen LogP contribution in [-0.4, -0.2) is 47.1 Å². The van der Waals surface area contributed by atoms with E-state index in [0.29, 0.717) is 0 Å². The molecule has 0 N–H and O–H groups in total. The van der Waals surface area contributed by atoms with Crippen molar-refractivity contribution in [2.24, 2.45) is 0 Å². The van der Waals surface area contributed by atoms with Crippen molar-refractivity contribution < 1.29 is 4.48 Å². The van der Waals surface area contributed by atoms with E-state index in [2.05, 4.69) is 40.5 Å². The fourth-order valence-corrected chi connectivity index (χ4v) is 25.9. The van der Waals surface area contributed by atoms with Gasteiger partial charge in [0.05, 0.1) is 0 Å². The van der Waals surface area contributed by atoms with E-state index in [9.17, 15) is 0 Å². The van der Waals surface area contributed by atoms with Crippen molar-refractivity contribution >= 4 is 18.4 Å². The Bertz CT molecular complexity index is 293. The number of unbranched alkanes of at least 4 members (excludes halogenated alkanes) is 3. The number of nitrogens with zero attached hydrogens (tertiary/aromatic N) is 1.